The maximum absolute atomic E-state index is 13.6. The van der Waals surface area contributed by atoms with E-state index in [2.05, 4.69) is 0 Å². The molecule has 0 fully saturated rings. The highest BCUT2D eigenvalue weighted by molar-refractivity contribution is 5.44. The Labute approximate surface area is 94.3 Å². The van der Waals surface area contributed by atoms with E-state index in [1.807, 2.05) is 0 Å². The van der Waals surface area contributed by atoms with Gasteiger partial charge in [0.2, 0.25) is 0 Å². The highest BCUT2D eigenvalue weighted by Crippen LogP contribution is 2.33. The van der Waals surface area contributed by atoms with Crippen molar-refractivity contribution in [1.29, 1.82) is 0 Å². The Balaban J connectivity index is 2.20. The zero-order valence-electron chi connectivity index (χ0n) is 9.12. The lowest BCUT2D eigenvalue weighted by atomic mass is 10.1. The van der Waals surface area contributed by atoms with E-state index in [9.17, 15) is 4.39 Å². The van der Waals surface area contributed by atoms with Gasteiger partial charge < -0.3 is 15.2 Å². The van der Waals surface area contributed by atoms with Crippen LogP contribution in [0.4, 0.5) is 4.39 Å². The van der Waals surface area contributed by atoms with Crippen LogP contribution in [-0.2, 0) is 0 Å². The molecule has 2 N–H and O–H groups in total. The summed E-state index contributed by atoms with van der Waals surface area (Å²) >= 11 is 0. The molecule has 1 heterocycles. The van der Waals surface area contributed by atoms with E-state index in [4.69, 9.17) is 15.2 Å². The highest BCUT2D eigenvalue weighted by Gasteiger charge is 2.15. The molecule has 1 aliphatic rings. The summed E-state index contributed by atoms with van der Waals surface area (Å²) in [6.07, 6.45) is 0.160. The van der Waals surface area contributed by atoms with E-state index in [0.717, 1.165) is 6.42 Å². The van der Waals surface area contributed by atoms with Gasteiger partial charge in [0.05, 0.1) is 13.2 Å². The second kappa shape index (κ2) is 5.16. The van der Waals surface area contributed by atoms with Crippen molar-refractivity contribution in [2.45, 2.75) is 19.0 Å². The average Bonchev–Trinajstić information content (AvgIpc) is 2.53. The molecule has 0 amide bonds. The number of benzene rings is 1. The Hall–Kier alpha value is -1.29. The maximum atomic E-state index is 13.6. The summed E-state index contributed by atoms with van der Waals surface area (Å²) in [7, 11) is 0. The molecular weight excluding hydrogens is 209 g/mol. The summed E-state index contributed by atoms with van der Waals surface area (Å²) in [6, 6.07) is 5.20. The van der Waals surface area contributed by atoms with E-state index in [1.165, 1.54) is 0 Å². The SMILES string of the molecule is NCCC(F)c1ccc2c(c1)OCCCO2. The summed E-state index contributed by atoms with van der Waals surface area (Å²) in [4.78, 5) is 0. The first-order valence-electron chi connectivity index (χ1n) is 5.55. The van der Waals surface area contributed by atoms with Crippen molar-refractivity contribution in [3.63, 3.8) is 0 Å². The molecular formula is C12H16FNO2. The quantitative estimate of drug-likeness (QED) is 0.857. The van der Waals surface area contributed by atoms with Crippen LogP contribution in [0.1, 0.15) is 24.6 Å². The third-order valence-electron chi connectivity index (χ3n) is 2.55. The molecule has 0 radical (unpaired) electrons. The van der Waals surface area contributed by atoms with Gasteiger partial charge >= 0.3 is 0 Å². The minimum atomic E-state index is -1.03. The number of fused-ring (bicyclic) bond motifs is 1. The fraction of sp³-hybridized carbons (Fsp3) is 0.500. The van der Waals surface area contributed by atoms with E-state index in [0.29, 0.717) is 43.2 Å². The van der Waals surface area contributed by atoms with Crippen LogP contribution in [-0.4, -0.2) is 19.8 Å². The van der Waals surface area contributed by atoms with Gasteiger partial charge in [0.15, 0.2) is 11.5 Å². The molecule has 4 heteroatoms. The standard InChI is InChI=1S/C12H16FNO2/c13-10(4-5-14)9-2-3-11-12(8-9)16-7-1-6-15-11/h2-3,8,10H,1,4-7,14H2. The number of nitrogens with two attached hydrogens (primary N) is 1. The predicted molar refractivity (Wildman–Crippen MR) is 59.6 cm³/mol. The lowest BCUT2D eigenvalue weighted by molar-refractivity contribution is 0.296. The van der Waals surface area contributed by atoms with Crippen LogP contribution in [0.2, 0.25) is 0 Å². The first kappa shape index (κ1) is 11.2. The van der Waals surface area contributed by atoms with Crippen LogP contribution < -0.4 is 15.2 Å². The van der Waals surface area contributed by atoms with E-state index in [1.54, 1.807) is 18.2 Å². The van der Waals surface area contributed by atoms with Gasteiger partial charge in [0, 0.05) is 6.42 Å². The van der Waals surface area contributed by atoms with Crippen LogP contribution in [0, 0.1) is 0 Å². The molecule has 0 bridgehead atoms. The second-order valence-corrected chi connectivity index (χ2v) is 3.80. The molecule has 2 rings (SSSR count). The number of ether oxygens (including phenoxy) is 2. The zero-order valence-corrected chi connectivity index (χ0v) is 9.12. The monoisotopic (exact) mass is 225 g/mol. The van der Waals surface area contributed by atoms with Crippen LogP contribution in [0.3, 0.4) is 0 Å². The number of hydrogen-bond acceptors (Lipinski definition) is 3. The predicted octanol–water partition coefficient (Wildman–Crippen LogP) is 2.21. The molecule has 1 aromatic rings. The molecule has 0 saturated heterocycles. The number of halogens is 1. The molecule has 1 aromatic carbocycles. The normalized spacial score (nSPS) is 16.6. The third-order valence-corrected chi connectivity index (χ3v) is 2.55. The Bertz CT molecular complexity index is 357. The number of rotatable bonds is 3. The summed E-state index contributed by atoms with van der Waals surface area (Å²) in [5.41, 5.74) is 5.94. The lowest BCUT2D eigenvalue weighted by Gasteiger charge is -2.11. The van der Waals surface area contributed by atoms with Crippen LogP contribution in [0.5, 0.6) is 11.5 Å². The minimum Gasteiger partial charge on any atom is -0.490 e. The fourth-order valence-corrected chi connectivity index (χ4v) is 1.69. The van der Waals surface area contributed by atoms with Crippen molar-refractivity contribution in [2.75, 3.05) is 19.8 Å². The van der Waals surface area contributed by atoms with Crippen molar-refractivity contribution in [2.24, 2.45) is 5.73 Å². The Kier molecular flexibility index (Phi) is 3.62. The van der Waals surface area contributed by atoms with Crippen molar-refractivity contribution in [1.82, 2.24) is 0 Å². The number of alkyl halides is 1. The van der Waals surface area contributed by atoms with Crippen molar-refractivity contribution < 1.29 is 13.9 Å². The molecule has 1 aliphatic heterocycles. The van der Waals surface area contributed by atoms with Crippen LogP contribution >= 0.6 is 0 Å². The van der Waals surface area contributed by atoms with Gasteiger partial charge in [-0.2, -0.15) is 0 Å². The smallest absolute Gasteiger partial charge is 0.161 e. The molecule has 0 spiro atoms. The molecule has 0 saturated carbocycles. The Morgan fingerprint density at radius 1 is 1.25 bits per heavy atom. The van der Waals surface area contributed by atoms with E-state index >= 15 is 0 Å². The largest absolute Gasteiger partial charge is 0.490 e. The van der Waals surface area contributed by atoms with Crippen molar-refractivity contribution in [3.8, 4) is 11.5 Å². The third kappa shape index (κ3) is 2.44. The Morgan fingerprint density at radius 3 is 2.75 bits per heavy atom. The maximum Gasteiger partial charge on any atom is 0.161 e. The van der Waals surface area contributed by atoms with E-state index < -0.39 is 6.17 Å². The first-order valence-corrected chi connectivity index (χ1v) is 5.55. The molecule has 88 valence electrons. The molecule has 0 aliphatic carbocycles. The fourth-order valence-electron chi connectivity index (χ4n) is 1.69. The van der Waals surface area contributed by atoms with Gasteiger partial charge in [0.25, 0.3) is 0 Å². The summed E-state index contributed by atoms with van der Waals surface area (Å²) in [5.74, 6) is 1.33. The topological polar surface area (TPSA) is 44.5 Å². The van der Waals surface area contributed by atoms with Crippen molar-refractivity contribution in [3.05, 3.63) is 23.8 Å². The lowest BCUT2D eigenvalue weighted by Crippen LogP contribution is -2.04. The summed E-state index contributed by atoms with van der Waals surface area (Å²) in [6.45, 7) is 1.61. The van der Waals surface area contributed by atoms with Gasteiger partial charge in [-0.15, -0.1) is 0 Å². The number of hydrogen-bond donors (Lipinski definition) is 1. The molecule has 16 heavy (non-hydrogen) atoms. The highest BCUT2D eigenvalue weighted by atomic mass is 19.1. The molecule has 1 unspecified atom stereocenters. The first-order chi connectivity index (χ1) is 7.81. The van der Waals surface area contributed by atoms with Gasteiger partial charge in [-0.1, -0.05) is 6.07 Å². The summed E-state index contributed by atoms with van der Waals surface area (Å²) < 4.78 is 24.6. The Morgan fingerprint density at radius 2 is 2.00 bits per heavy atom. The van der Waals surface area contributed by atoms with Gasteiger partial charge in [-0.25, -0.2) is 4.39 Å². The average molecular weight is 225 g/mol. The summed E-state index contributed by atoms with van der Waals surface area (Å²) in [5, 5.41) is 0. The molecule has 0 aromatic heterocycles. The zero-order chi connectivity index (χ0) is 11.4. The van der Waals surface area contributed by atoms with Crippen LogP contribution in [0.25, 0.3) is 0 Å². The van der Waals surface area contributed by atoms with Gasteiger partial charge in [-0.3, -0.25) is 0 Å². The minimum absolute atomic E-state index is 0.333. The van der Waals surface area contributed by atoms with Gasteiger partial charge in [-0.05, 0) is 30.7 Å². The van der Waals surface area contributed by atoms with Crippen LogP contribution in [0.15, 0.2) is 18.2 Å². The van der Waals surface area contributed by atoms with Gasteiger partial charge in [0.1, 0.15) is 6.17 Å². The van der Waals surface area contributed by atoms with Crippen molar-refractivity contribution >= 4 is 0 Å². The van der Waals surface area contributed by atoms with E-state index in [-0.39, 0.29) is 0 Å². The molecule has 1 atom stereocenters. The molecule has 3 nitrogen and oxygen atoms in total. The second-order valence-electron chi connectivity index (χ2n) is 3.80.